The van der Waals surface area contributed by atoms with E-state index in [9.17, 15) is 13.2 Å². The van der Waals surface area contributed by atoms with Gasteiger partial charge < -0.3 is 0 Å². The summed E-state index contributed by atoms with van der Waals surface area (Å²) in [5.41, 5.74) is -0.100. The fourth-order valence-electron chi connectivity index (χ4n) is 1.60. The molecule has 0 N–H and O–H groups in total. The second-order valence-corrected chi connectivity index (χ2v) is 3.61. The van der Waals surface area contributed by atoms with E-state index < -0.39 is 11.7 Å². The molecular formula is C13H7F3N2. The number of rotatable bonds is 1. The van der Waals surface area contributed by atoms with E-state index in [1.807, 2.05) is 0 Å². The molecule has 0 unspecified atom stereocenters. The SMILES string of the molecule is N#Cc1cc(-c2cccnc2)ccc1C(F)(F)F. The van der Waals surface area contributed by atoms with Crippen LogP contribution in [0.1, 0.15) is 11.1 Å². The maximum Gasteiger partial charge on any atom is 0.417 e. The molecule has 0 amide bonds. The molecule has 1 heterocycles. The Morgan fingerprint density at radius 3 is 2.44 bits per heavy atom. The lowest BCUT2D eigenvalue weighted by Crippen LogP contribution is -2.07. The van der Waals surface area contributed by atoms with Gasteiger partial charge in [0.05, 0.1) is 17.2 Å². The maximum atomic E-state index is 12.6. The second kappa shape index (κ2) is 4.49. The van der Waals surface area contributed by atoms with Crippen LogP contribution in [0.4, 0.5) is 13.2 Å². The molecule has 0 spiro atoms. The highest BCUT2D eigenvalue weighted by molar-refractivity contribution is 5.65. The largest absolute Gasteiger partial charge is 0.417 e. The third-order valence-electron chi connectivity index (χ3n) is 2.44. The van der Waals surface area contributed by atoms with Crippen molar-refractivity contribution in [2.75, 3.05) is 0 Å². The molecule has 0 saturated heterocycles. The lowest BCUT2D eigenvalue weighted by molar-refractivity contribution is -0.137. The molecule has 90 valence electrons. The third-order valence-corrected chi connectivity index (χ3v) is 2.44. The molecule has 2 aromatic rings. The quantitative estimate of drug-likeness (QED) is 0.772. The molecule has 0 bridgehead atoms. The third kappa shape index (κ3) is 2.33. The van der Waals surface area contributed by atoms with Gasteiger partial charge in [-0.05, 0) is 23.8 Å². The van der Waals surface area contributed by atoms with Crippen LogP contribution >= 0.6 is 0 Å². The van der Waals surface area contributed by atoms with Crippen LogP contribution in [0.5, 0.6) is 0 Å². The van der Waals surface area contributed by atoms with Gasteiger partial charge in [-0.25, -0.2) is 0 Å². The minimum absolute atomic E-state index is 0.385. The predicted octanol–water partition coefficient (Wildman–Crippen LogP) is 3.64. The summed E-state index contributed by atoms with van der Waals surface area (Å²) >= 11 is 0. The molecular weight excluding hydrogens is 241 g/mol. The average molecular weight is 248 g/mol. The van der Waals surface area contributed by atoms with Crippen LogP contribution in [0.2, 0.25) is 0 Å². The first kappa shape index (κ1) is 12.1. The van der Waals surface area contributed by atoms with Gasteiger partial charge in [0.1, 0.15) is 0 Å². The molecule has 0 aliphatic heterocycles. The molecule has 0 fully saturated rings. The topological polar surface area (TPSA) is 36.7 Å². The minimum atomic E-state index is -4.52. The smallest absolute Gasteiger partial charge is 0.264 e. The van der Waals surface area contributed by atoms with Crippen molar-refractivity contribution < 1.29 is 13.2 Å². The zero-order chi connectivity index (χ0) is 13.2. The standard InChI is InChI=1S/C13H7F3N2/c14-13(15,16)12-4-3-9(6-11(12)7-17)10-2-1-5-18-8-10/h1-6,8H. The van der Waals surface area contributed by atoms with Crippen molar-refractivity contribution in [2.45, 2.75) is 6.18 Å². The second-order valence-electron chi connectivity index (χ2n) is 3.61. The summed E-state index contributed by atoms with van der Waals surface area (Å²) in [6.07, 6.45) is -1.42. The Morgan fingerprint density at radius 1 is 1.11 bits per heavy atom. The summed E-state index contributed by atoms with van der Waals surface area (Å²) < 4.78 is 37.8. The van der Waals surface area contributed by atoms with Gasteiger partial charge in [-0.3, -0.25) is 4.98 Å². The van der Waals surface area contributed by atoms with Gasteiger partial charge in [0.25, 0.3) is 0 Å². The number of hydrogen-bond donors (Lipinski definition) is 0. The van der Waals surface area contributed by atoms with Gasteiger partial charge in [0.15, 0.2) is 0 Å². The first-order chi connectivity index (χ1) is 8.52. The lowest BCUT2D eigenvalue weighted by atomic mass is 10.0. The van der Waals surface area contributed by atoms with Crippen LogP contribution < -0.4 is 0 Å². The Kier molecular flexibility index (Phi) is 3.02. The van der Waals surface area contributed by atoms with E-state index in [0.717, 1.165) is 6.07 Å². The highest BCUT2D eigenvalue weighted by atomic mass is 19.4. The zero-order valence-electron chi connectivity index (χ0n) is 9.07. The zero-order valence-corrected chi connectivity index (χ0v) is 9.07. The normalized spacial score (nSPS) is 11.0. The first-order valence-corrected chi connectivity index (χ1v) is 5.04. The molecule has 18 heavy (non-hydrogen) atoms. The maximum absolute atomic E-state index is 12.6. The number of alkyl halides is 3. The lowest BCUT2D eigenvalue weighted by Gasteiger charge is -2.10. The number of nitriles is 1. The molecule has 0 radical (unpaired) electrons. The molecule has 5 heteroatoms. The number of aromatic nitrogens is 1. The molecule has 0 aliphatic rings. The van der Waals surface area contributed by atoms with Crippen molar-refractivity contribution in [1.82, 2.24) is 4.98 Å². The van der Waals surface area contributed by atoms with Gasteiger partial charge in [0.2, 0.25) is 0 Å². The summed E-state index contributed by atoms with van der Waals surface area (Å²) in [5, 5.41) is 8.79. The summed E-state index contributed by atoms with van der Waals surface area (Å²) in [4.78, 5) is 3.88. The monoisotopic (exact) mass is 248 g/mol. The first-order valence-electron chi connectivity index (χ1n) is 5.04. The van der Waals surface area contributed by atoms with Crippen molar-refractivity contribution in [3.05, 3.63) is 53.9 Å². The van der Waals surface area contributed by atoms with Crippen LogP contribution in [-0.4, -0.2) is 4.98 Å². The Bertz CT molecular complexity index is 598. The predicted molar refractivity (Wildman–Crippen MR) is 59.4 cm³/mol. The van der Waals surface area contributed by atoms with E-state index in [4.69, 9.17) is 5.26 Å². The molecule has 2 rings (SSSR count). The number of nitrogens with zero attached hydrogens (tertiary/aromatic N) is 2. The highest BCUT2D eigenvalue weighted by Gasteiger charge is 2.33. The summed E-state index contributed by atoms with van der Waals surface area (Å²) in [7, 11) is 0. The van der Waals surface area contributed by atoms with Gasteiger partial charge in [-0.15, -0.1) is 0 Å². The van der Waals surface area contributed by atoms with E-state index in [0.29, 0.717) is 11.1 Å². The molecule has 0 saturated carbocycles. The average Bonchev–Trinajstić information content (AvgIpc) is 2.38. The molecule has 0 aliphatic carbocycles. The van der Waals surface area contributed by atoms with E-state index in [-0.39, 0.29) is 5.56 Å². The van der Waals surface area contributed by atoms with Crippen molar-refractivity contribution in [3.63, 3.8) is 0 Å². The van der Waals surface area contributed by atoms with Crippen LogP contribution in [0.25, 0.3) is 11.1 Å². The summed E-state index contributed by atoms with van der Waals surface area (Å²) in [6.45, 7) is 0. The fourth-order valence-corrected chi connectivity index (χ4v) is 1.60. The van der Waals surface area contributed by atoms with Crippen molar-refractivity contribution in [1.29, 1.82) is 5.26 Å². The van der Waals surface area contributed by atoms with Crippen LogP contribution in [0.15, 0.2) is 42.7 Å². The van der Waals surface area contributed by atoms with Gasteiger partial charge in [0, 0.05) is 18.0 Å². The molecule has 1 aromatic carbocycles. The van der Waals surface area contributed by atoms with Gasteiger partial charge in [-0.2, -0.15) is 18.4 Å². The van der Waals surface area contributed by atoms with E-state index in [2.05, 4.69) is 4.98 Å². The molecule has 0 atom stereocenters. The Labute approximate surface area is 101 Å². The summed E-state index contributed by atoms with van der Waals surface area (Å²) in [6, 6.07) is 8.44. The van der Waals surface area contributed by atoms with Crippen molar-refractivity contribution >= 4 is 0 Å². The minimum Gasteiger partial charge on any atom is -0.264 e. The van der Waals surface area contributed by atoms with Gasteiger partial charge >= 0.3 is 6.18 Å². The molecule has 2 nitrogen and oxygen atoms in total. The molecule has 1 aromatic heterocycles. The number of benzene rings is 1. The van der Waals surface area contributed by atoms with Crippen molar-refractivity contribution in [3.8, 4) is 17.2 Å². The van der Waals surface area contributed by atoms with Crippen molar-refractivity contribution in [2.24, 2.45) is 0 Å². The van der Waals surface area contributed by atoms with Crippen LogP contribution in [0, 0.1) is 11.3 Å². The Morgan fingerprint density at radius 2 is 1.89 bits per heavy atom. The highest BCUT2D eigenvalue weighted by Crippen LogP contribution is 2.33. The fraction of sp³-hybridized carbons (Fsp3) is 0.0769. The Balaban J connectivity index is 2.54. The summed E-state index contributed by atoms with van der Waals surface area (Å²) in [5.74, 6) is 0. The van der Waals surface area contributed by atoms with Gasteiger partial charge in [-0.1, -0.05) is 12.1 Å². The Hall–Kier alpha value is -2.35. The van der Waals surface area contributed by atoms with E-state index in [1.165, 1.54) is 18.3 Å². The number of pyridine rings is 1. The van der Waals surface area contributed by atoms with E-state index >= 15 is 0 Å². The number of hydrogen-bond acceptors (Lipinski definition) is 2. The number of halogens is 3. The van der Waals surface area contributed by atoms with Crippen LogP contribution in [0.3, 0.4) is 0 Å². The van der Waals surface area contributed by atoms with Crippen LogP contribution in [-0.2, 0) is 6.18 Å². The van der Waals surface area contributed by atoms with E-state index in [1.54, 1.807) is 24.4 Å².